The monoisotopic (exact) mass is 245 g/mol. The zero-order valence-corrected chi connectivity index (χ0v) is 9.32. The number of carboxylic acids is 1. The summed E-state index contributed by atoms with van der Waals surface area (Å²) < 4.78 is 3.45. The number of aromatic nitrogens is 3. The Kier molecular flexibility index (Phi) is 4.58. The zero-order chi connectivity index (χ0) is 12.0. The average Bonchev–Trinajstić information content (AvgIpc) is 2.69. The molecule has 1 heterocycles. The van der Waals surface area contributed by atoms with E-state index in [0.717, 1.165) is 11.5 Å². The number of anilines is 1. The van der Waals surface area contributed by atoms with E-state index in [1.54, 1.807) is 0 Å². The van der Waals surface area contributed by atoms with Crippen molar-refractivity contribution in [2.24, 2.45) is 0 Å². The molecule has 16 heavy (non-hydrogen) atoms. The number of carboxylic acid groups (broad SMARTS) is 1. The Bertz CT molecular complexity index is 355. The van der Waals surface area contributed by atoms with E-state index in [1.807, 2.05) is 6.92 Å². The molecule has 1 aromatic heterocycles. The number of nitrogens with one attached hydrogen (secondary N) is 2. The number of urea groups is 1. The van der Waals surface area contributed by atoms with Crippen LogP contribution >= 0.6 is 11.5 Å². The molecule has 0 aliphatic carbocycles. The number of hydrogen-bond donors (Lipinski definition) is 3. The fourth-order valence-corrected chi connectivity index (χ4v) is 1.38. The van der Waals surface area contributed by atoms with Crippen LogP contribution in [0.2, 0.25) is 0 Å². The van der Waals surface area contributed by atoms with E-state index in [-0.39, 0.29) is 5.13 Å². The van der Waals surface area contributed by atoms with Crippen LogP contribution in [0.5, 0.6) is 0 Å². The van der Waals surface area contributed by atoms with Crippen LogP contribution in [0.3, 0.4) is 0 Å². The lowest BCUT2D eigenvalue weighted by atomic mass is 10.2. The molecule has 0 spiro atoms. The summed E-state index contributed by atoms with van der Waals surface area (Å²) in [7, 11) is 0. The molecule has 0 aliphatic rings. The number of aliphatic carboxylic acids is 1. The SMILES string of the molecule is CCC[C@@H](NC(=O)Nc1nnns1)C(=O)O. The number of amides is 2. The van der Waals surface area contributed by atoms with Crippen LogP contribution in [0, 0.1) is 0 Å². The predicted octanol–water partition coefficient (Wildman–Crippen LogP) is 0.308. The maximum atomic E-state index is 11.3. The van der Waals surface area contributed by atoms with Crippen LogP contribution in [0.25, 0.3) is 0 Å². The van der Waals surface area contributed by atoms with Crippen LogP contribution in [0.15, 0.2) is 0 Å². The third-order valence-electron chi connectivity index (χ3n) is 1.70. The van der Waals surface area contributed by atoms with Crippen molar-refractivity contribution in [1.82, 2.24) is 20.1 Å². The lowest BCUT2D eigenvalue weighted by Gasteiger charge is -2.12. The van der Waals surface area contributed by atoms with Crippen molar-refractivity contribution in [1.29, 1.82) is 0 Å². The number of carbonyl (C=O) groups excluding carboxylic acids is 1. The molecular formula is C7H11N5O3S. The first-order valence-electron chi connectivity index (χ1n) is 4.58. The number of nitrogens with zero attached hydrogens (tertiary/aromatic N) is 3. The molecule has 0 unspecified atom stereocenters. The molecule has 9 heteroatoms. The van der Waals surface area contributed by atoms with Gasteiger partial charge < -0.3 is 10.4 Å². The van der Waals surface area contributed by atoms with E-state index >= 15 is 0 Å². The van der Waals surface area contributed by atoms with Gasteiger partial charge in [0.25, 0.3) is 0 Å². The molecule has 1 rings (SSSR count). The molecule has 2 amide bonds. The van der Waals surface area contributed by atoms with Gasteiger partial charge in [-0.2, -0.15) is 0 Å². The molecule has 3 N–H and O–H groups in total. The van der Waals surface area contributed by atoms with Gasteiger partial charge in [0, 0.05) is 11.5 Å². The van der Waals surface area contributed by atoms with Crippen molar-refractivity contribution in [2.45, 2.75) is 25.8 Å². The van der Waals surface area contributed by atoms with Gasteiger partial charge in [0.2, 0.25) is 5.13 Å². The van der Waals surface area contributed by atoms with Crippen LogP contribution in [-0.2, 0) is 4.79 Å². The van der Waals surface area contributed by atoms with Crippen molar-refractivity contribution in [3.05, 3.63) is 0 Å². The number of carbonyl (C=O) groups is 2. The van der Waals surface area contributed by atoms with Gasteiger partial charge in [0.15, 0.2) is 0 Å². The smallest absolute Gasteiger partial charge is 0.326 e. The second kappa shape index (κ2) is 5.95. The summed E-state index contributed by atoms with van der Waals surface area (Å²) in [6.07, 6.45) is 1.04. The minimum Gasteiger partial charge on any atom is -0.480 e. The highest BCUT2D eigenvalue weighted by Gasteiger charge is 2.19. The molecular weight excluding hydrogens is 234 g/mol. The molecule has 0 saturated carbocycles. The Morgan fingerprint density at radius 3 is 2.81 bits per heavy atom. The van der Waals surface area contributed by atoms with Gasteiger partial charge >= 0.3 is 12.0 Å². The van der Waals surface area contributed by atoms with Crippen molar-refractivity contribution in [2.75, 3.05) is 5.32 Å². The Morgan fingerprint density at radius 2 is 2.31 bits per heavy atom. The first-order valence-corrected chi connectivity index (χ1v) is 5.36. The summed E-state index contributed by atoms with van der Waals surface area (Å²) in [6.45, 7) is 1.84. The van der Waals surface area contributed by atoms with E-state index in [1.165, 1.54) is 0 Å². The third-order valence-corrected chi connectivity index (χ3v) is 2.21. The molecule has 0 bridgehead atoms. The normalized spacial score (nSPS) is 11.8. The summed E-state index contributed by atoms with van der Waals surface area (Å²) in [5, 5.41) is 20.4. The first-order chi connectivity index (χ1) is 7.63. The Morgan fingerprint density at radius 1 is 1.56 bits per heavy atom. The van der Waals surface area contributed by atoms with Crippen LogP contribution in [-0.4, -0.2) is 37.9 Å². The fraction of sp³-hybridized carbons (Fsp3) is 0.571. The van der Waals surface area contributed by atoms with Gasteiger partial charge in [0.05, 0.1) is 0 Å². The van der Waals surface area contributed by atoms with Crippen LogP contribution < -0.4 is 10.6 Å². The van der Waals surface area contributed by atoms with Crippen molar-refractivity contribution < 1.29 is 14.7 Å². The summed E-state index contributed by atoms with van der Waals surface area (Å²) in [5.74, 6) is -1.06. The summed E-state index contributed by atoms with van der Waals surface area (Å²) >= 11 is 0.908. The zero-order valence-electron chi connectivity index (χ0n) is 8.51. The molecule has 0 saturated heterocycles. The summed E-state index contributed by atoms with van der Waals surface area (Å²) in [4.78, 5) is 22.1. The van der Waals surface area contributed by atoms with E-state index in [0.29, 0.717) is 12.8 Å². The van der Waals surface area contributed by atoms with Gasteiger partial charge in [-0.25, -0.2) is 9.59 Å². The Balaban J connectivity index is 2.45. The van der Waals surface area contributed by atoms with Crippen LogP contribution in [0.1, 0.15) is 19.8 Å². The molecule has 0 aliphatic heterocycles. The third kappa shape index (κ3) is 3.77. The minimum absolute atomic E-state index is 0.220. The minimum atomic E-state index is -1.06. The lowest BCUT2D eigenvalue weighted by Crippen LogP contribution is -2.42. The van der Waals surface area contributed by atoms with Gasteiger partial charge in [-0.05, 0) is 11.6 Å². The molecule has 88 valence electrons. The lowest BCUT2D eigenvalue weighted by molar-refractivity contribution is -0.139. The van der Waals surface area contributed by atoms with Crippen molar-refractivity contribution in [3.63, 3.8) is 0 Å². The highest BCUT2D eigenvalue weighted by Crippen LogP contribution is 2.04. The van der Waals surface area contributed by atoms with E-state index < -0.39 is 18.0 Å². The largest absolute Gasteiger partial charge is 0.480 e. The van der Waals surface area contributed by atoms with Crippen molar-refractivity contribution in [3.8, 4) is 0 Å². The number of rotatable bonds is 5. The topological polar surface area (TPSA) is 117 Å². The fourth-order valence-electron chi connectivity index (χ4n) is 1.02. The number of hydrogen-bond acceptors (Lipinski definition) is 6. The van der Waals surface area contributed by atoms with Crippen LogP contribution in [0.4, 0.5) is 9.93 Å². The predicted molar refractivity (Wildman–Crippen MR) is 56.2 cm³/mol. The van der Waals surface area contributed by atoms with E-state index in [9.17, 15) is 9.59 Å². The van der Waals surface area contributed by atoms with Gasteiger partial charge in [0.1, 0.15) is 6.04 Å². The molecule has 1 atom stereocenters. The summed E-state index contributed by atoms with van der Waals surface area (Å²) in [5.41, 5.74) is 0. The standard InChI is InChI=1S/C7H11N5O3S/c1-2-3-4(5(13)14)8-6(15)9-7-10-11-12-16-7/h4H,2-3H2,1H3,(H,13,14)(H2,8,9,10,12,15)/t4-/m1/s1. The molecule has 0 radical (unpaired) electrons. The maximum absolute atomic E-state index is 11.3. The second-order valence-electron chi connectivity index (χ2n) is 2.95. The van der Waals surface area contributed by atoms with E-state index in [2.05, 4.69) is 25.4 Å². The molecule has 1 aromatic rings. The highest BCUT2D eigenvalue weighted by atomic mass is 32.1. The maximum Gasteiger partial charge on any atom is 0.326 e. The molecule has 0 fully saturated rings. The Labute approximate surface area is 95.2 Å². The van der Waals surface area contributed by atoms with Gasteiger partial charge in [-0.15, -0.1) is 0 Å². The first kappa shape index (κ1) is 12.3. The van der Waals surface area contributed by atoms with Crippen molar-refractivity contribution >= 4 is 28.7 Å². The van der Waals surface area contributed by atoms with Gasteiger partial charge in [-0.3, -0.25) is 5.32 Å². The molecule has 0 aromatic carbocycles. The quantitative estimate of drug-likeness (QED) is 0.687. The average molecular weight is 245 g/mol. The Hall–Kier alpha value is -1.77. The summed E-state index contributed by atoms with van der Waals surface area (Å²) in [6, 6.07) is -1.52. The second-order valence-corrected chi connectivity index (χ2v) is 3.68. The van der Waals surface area contributed by atoms with Gasteiger partial charge in [-0.1, -0.05) is 22.9 Å². The molecule has 8 nitrogen and oxygen atoms in total. The van der Waals surface area contributed by atoms with E-state index in [4.69, 9.17) is 5.11 Å². The highest BCUT2D eigenvalue weighted by molar-refractivity contribution is 7.09.